The summed E-state index contributed by atoms with van der Waals surface area (Å²) < 4.78 is 41.5. The largest absolute Gasteiger partial charge is 0.492 e. The minimum atomic E-state index is -4.79. The number of rotatable bonds is 7. The van der Waals surface area contributed by atoms with E-state index in [-0.39, 0.29) is 19.6 Å². The summed E-state index contributed by atoms with van der Waals surface area (Å²) in [4.78, 5) is 22.4. The van der Waals surface area contributed by atoms with Crippen LogP contribution in [0.3, 0.4) is 0 Å². The lowest BCUT2D eigenvalue weighted by atomic mass is 10.1. The lowest BCUT2D eigenvalue weighted by Gasteiger charge is -2.13. The summed E-state index contributed by atoms with van der Waals surface area (Å²) in [6, 6.07) is 6.27. The maximum Gasteiger partial charge on any atom is 0.449 e. The fourth-order valence-electron chi connectivity index (χ4n) is 1.55. The van der Waals surface area contributed by atoms with Crippen LogP contribution in [0.25, 0.3) is 0 Å². The van der Waals surface area contributed by atoms with Gasteiger partial charge in [0.15, 0.2) is 0 Å². The third-order valence-corrected chi connectivity index (χ3v) is 2.90. The van der Waals surface area contributed by atoms with Crippen LogP contribution in [0.4, 0.5) is 18.0 Å². The number of aryl methyl sites for hydroxylation is 1. The summed E-state index contributed by atoms with van der Waals surface area (Å²) in [6.45, 7) is 0.353. The molecule has 0 radical (unpaired) electrons. The predicted molar refractivity (Wildman–Crippen MR) is 72.0 cm³/mol. The Morgan fingerprint density at radius 2 is 1.82 bits per heavy atom. The summed E-state index contributed by atoms with van der Waals surface area (Å²) in [5.74, 6) is -1.27. The molecular weight excluding hydrogens is 303 g/mol. The molecule has 8 heteroatoms. The number of benzene rings is 1. The molecule has 1 aromatic carbocycles. The van der Waals surface area contributed by atoms with Crippen LogP contribution in [0.15, 0.2) is 24.3 Å². The zero-order chi connectivity index (χ0) is 16.8. The van der Waals surface area contributed by atoms with E-state index in [0.29, 0.717) is 11.3 Å². The molecule has 0 aromatic heterocycles. The van der Waals surface area contributed by atoms with E-state index < -0.39 is 24.5 Å². The second-order valence-corrected chi connectivity index (χ2v) is 4.62. The molecule has 0 aliphatic rings. The van der Waals surface area contributed by atoms with Crippen molar-refractivity contribution in [1.29, 1.82) is 0 Å². The van der Waals surface area contributed by atoms with Crippen LogP contribution in [0, 0.1) is 0 Å². The van der Waals surface area contributed by atoms with Crippen LogP contribution in [-0.4, -0.2) is 48.3 Å². The first-order valence-corrected chi connectivity index (χ1v) is 6.46. The number of amides is 1. The number of hydrogen-bond acceptors (Lipinski definition) is 3. The Balaban J connectivity index is 2.40. The third-order valence-electron chi connectivity index (χ3n) is 2.90. The Morgan fingerprint density at radius 3 is 2.32 bits per heavy atom. The number of hydrogen-bond donors (Lipinski definition) is 1. The van der Waals surface area contributed by atoms with Crippen LogP contribution in [-0.2, 0) is 11.2 Å². The Kier molecular flexibility index (Phi) is 6.21. The Bertz CT molecular complexity index is 514. The van der Waals surface area contributed by atoms with Crippen LogP contribution in [0.1, 0.15) is 12.0 Å². The zero-order valence-electron chi connectivity index (χ0n) is 11.9. The smallest absolute Gasteiger partial charge is 0.449 e. The number of nitrogens with zero attached hydrogens (tertiary/aromatic N) is 1. The predicted octanol–water partition coefficient (Wildman–Crippen LogP) is 2.74. The molecule has 1 rings (SSSR count). The molecule has 0 saturated heterocycles. The fourth-order valence-corrected chi connectivity index (χ4v) is 1.55. The van der Waals surface area contributed by atoms with Crippen LogP contribution in [0.5, 0.6) is 5.75 Å². The Labute approximate surface area is 125 Å². The summed E-state index contributed by atoms with van der Waals surface area (Å²) in [5, 5.41) is 8.64. The second kappa shape index (κ2) is 7.67. The van der Waals surface area contributed by atoms with Gasteiger partial charge in [-0.1, -0.05) is 12.1 Å². The molecule has 0 saturated carbocycles. The average Bonchev–Trinajstić information content (AvgIpc) is 2.44. The van der Waals surface area contributed by atoms with Gasteiger partial charge >= 0.3 is 12.3 Å². The normalized spacial score (nSPS) is 11.1. The standard InChI is InChI=1S/C14H16F3NO4/c1-18(13(20)21)8-9-22-11-5-2-10(3-6-11)4-7-12(19)14(15,16)17/h2-3,5-6H,4,7-9H2,1H3,(H,20,21). The maximum absolute atomic E-state index is 12.1. The van der Waals surface area contributed by atoms with Gasteiger partial charge in [-0.15, -0.1) is 0 Å². The van der Waals surface area contributed by atoms with Crippen molar-refractivity contribution in [3.8, 4) is 5.75 Å². The van der Waals surface area contributed by atoms with Crippen molar-refractivity contribution in [2.24, 2.45) is 0 Å². The van der Waals surface area contributed by atoms with E-state index in [0.717, 1.165) is 4.90 Å². The van der Waals surface area contributed by atoms with Crippen LogP contribution in [0.2, 0.25) is 0 Å². The highest BCUT2D eigenvalue weighted by molar-refractivity contribution is 5.84. The van der Waals surface area contributed by atoms with Gasteiger partial charge in [-0.25, -0.2) is 4.79 Å². The summed E-state index contributed by atoms with van der Waals surface area (Å²) in [6.07, 6.45) is -6.44. The molecule has 5 nitrogen and oxygen atoms in total. The van der Waals surface area contributed by atoms with Crippen molar-refractivity contribution >= 4 is 11.9 Å². The maximum atomic E-state index is 12.1. The lowest BCUT2D eigenvalue weighted by Crippen LogP contribution is -2.29. The summed E-state index contributed by atoms with van der Waals surface area (Å²) >= 11 is 0. The molecule has 0 aliphatic carbocycles. The van der Waals surface area contributed by atoms with E-state index in [9.17, 15) is 22.8 Å². The first kappa shape index (κ1) is 17.8. The third kappa shape index (κ3) is 6.02. The monoisotopic (exact) mass is 319 g/mol. The van der Waals surface area contributed by atoms with E-state index >= 15 is 0 Å². The number of carbonyl (C=O) groups excluding carboxylic acids is 1. The molecule has 22 heavy (non-hydrogen) atoms. The number of carbonyl (C=O) groups is 2. The molecule has 0 heterocycles. The van der Waals surface area contributed by atoms with Crippen molar-refractivity contribution in [3.05, 3.63) is 29.8 Å². The molecule has 0 bridgehead atoms. The van der Waals surface area contributed by atoms with Gasteiger partial charge in [-0.3, -0.25) is 4.79 Å². The molecule has 0 unspecified atom stereocenters. The minimum absolute atomic E-state index is 0.000372. The number of Topliss-reactive ketones (excluding diaryl/α,β-unsaturated/α-hetero) is 1. The van der Waals surface area contributed by atoms with Crippen molar-refractivity contribution in [2.75, 3.05) is 20.2 Å². The highest BCUT2D eigenvalue weighted by atomic mass is 19.4. The average molecular weight is 319 g/mol. The lowest BCUT2D eigenvalue weighted by molar-refractivity contribution is -0.171. The van der Waals surface area contributed by atoms with E-state index in [1.807, 2.05) is 0 Å². The number of halogens is 3. The molecule has 0 atom stereocenters. The molecule has 0 spiro atoms. The van der Waals surface area contributed by atoms with Crippen LogP contribution < -0.4 is 4.74 Å². The van der Waals surface area contributed by atoms with Crippen molar-refractivity contribution in [2.45, 2.75) is 19.0 Å². The molecule has 1 aromatic rings. The highest BCUT2D eigenvalue weighted by Crippen LogP contribution is 2.20. The molecular formula is C14H16F3NO4. The van der Waals surface area contributed by atoms with Gasteiger partial charge in [0.25, 0.3) is 0 Å². The summed E-state index contributed by atoms with van der Waals surface area (Å²) in [7, 11) is 1.41. The van der Waals surface area contributed by atoms with Crippen molar-refractivity contribution < 1.29 is 32.6 Å². The summed E-state index contributed by atoms with van der Waals surface area (Å²) in [5.41, 5.74) is 0.590. The number of alkyl halides is 3. The van der Waals surface area contributed by atoms with E-state index in [2.05, 4.69) is 0 Å². The van der Waals surface area contributed by atoms with Gasteiger partial charge in [-0.05, 0) is 24.1 Å². The Hall–Kier alpha value is -2.25. The molecule has 1 amide bonds. The van der Waals surface area contributed by atoms with Gasteiger partial charge in [0, 0.05) is 13.5 Å². The fraction of sp³-hybridized carbons (Fsp3) is 0.429. The van der Waals surface area contributed by atoms with E-state index in [4.69, 9.17) is 9.84 Å². The van der Waals surface area contributed by atoms with Gasteiger partial charge in [-0.2, -0.15) is 13.2 Å². The van der Waals surface area contributed by atoms with Crippen molar-refractivity contribution in [3.63, 3.8) is 0 Å². The van der Waals surface area contributed by atoms with E-state index in [1.54, 1.807) is 24.3 Å². The van der Waals surface area contributed by atoms with Gasteiger partial charge in [0.1, 0.15) is 12.4 Å². The SMILES string of the molecule is CN(CCOc1ccc(CCC(=O)C(F)(F)F)cc1)C(=O)O. The van der Waals surface area contributed by atoms with Gasteiger partial charge < -0.3 is 14.7 Å². The molecule has 0 aliphatic heterocycles. The quantitative estimate of drug-likeness (QED) is 0.839. The van der Waals surface area contributed by atoms with Crippen LogP contribution >= 0.6 is 0 Å². The number of ether oxygens (including phenoxy) is 1. The minimum Gasteiger partial charge on any atom is -0.492 e. The number of carboxylic acid groups (broad SMARTS) is 1. The van der Waals surface area contributed by atoms with E-state index in [1.165, 1.54) is 7.05 Å². The number of ketones is 1. The topological polar surface area (TPSA) is 66.8 Å². The van der Waals surface area contributed by atoms with Gasteiger partial charge in [0.2, 0.25) is 5.78 Å². The highest BCUT2D eigenvalue weighted by Gasteiger charge is 2.37. The van der Waals surface area contributed by atoms with Gasteiger partial charge in [0.05, 0.1) is 6.54 Å². The zero-order valence-corrected chi connectivity index (χ0v) is 11.9. The second-order valence-electron chi connectivity index (χ2n) is 4.62. The first-order valence-electron chi connectivity index (χ1n) is 6.46. The number of likely N-dealkylation sites (N-methyl/N-ethyl adjacent to an activating group) is 1. The van der Waals surface area contributed by atoms with Crippen molar-refractivity contribution in [1.82, 2.24) is 4.90 Å². The Morgan fingerprint density at radius 1 is 1.23 bits per heavy atom. The first-order chi connectivity index (χ1) is 10.2. The molecule has 1 N–H and O–H groups in total. The molecule has 122 valence electrons. The molecule has 0 fully saturated rings.